The van der Waals surface area contributed by atoms with Crippen LogP contribution in [0.25, 0.3) is 0 Å². The summed E-state index contributed by atoms with van der Waals surface area (Å²) in [7, 11) is -4.07. The van der Waals surface area contributed by atoms with Crippen molar-refractivity contribution in [3.63, 3.8) is 0 Å². The van der Waals surface area contributed by atoms with Gasteiger partial charge in [0.25, 0.3) is 10.1 Å². The molecular formula is C15H25NaO3S. The van der Waals surface area contributed by atoms with E-state index in [1.54, 1.807) is 12.1 Å². The first kappa shape index (κ1) is 20.1. The van der Waals surface area contributed by atoms with Crippen LogP contribution in [0.15, 0.2) is 29.2 Å². The molecular weight excluding hydrogens is 283 g/mol. The van der Waals surface area contributed by atoms with Gasteiger partial charge in [0, 0.05) is 0 Å². The Morgan fingerprint density at radius 1 is 1.10 bits per heavy atom. The Kier molecular flexibility index (Phi) is 10.0. The molecule has 0 saturated carbocycles. The summed E-state index contributed by atoms with van der Waals surface area (Å²) in [6.07, 6.45) is 7.45. The molecule has 1 aromatic rings. The van der Waals surface area contributed by atoms with Crippen LogP contribution in [0.3, 0.4) is 0 Å². The van der Waals surface area contributed by atoms with Crippen LogP contribution in [0.5, 0.6) is 0 Å². The fourth-order valence-corrected chi connectivity index (χ4v) is 2.67. The SMILES string of the molecule is CCCCCCCC(C)c1ccc(S(=O)(=O)O)cc1.[H-].[Na+]. The van der Waals surface area contributed by atoms with Gasteiger partial charge in [0.15, 0.2) is 0 Å². The van der Waals surface area contributed by atoms with Gasteiger partial charge in [0.2, 0.25) is 0 Å². The van der Waals surface area contributed by atoms with E-state index in [0.29, 0.717) is 5.92 Å². The van der Waals surface area contributed by atoms with Crippen molar-refractivity contribution in [2.24, 2.45) is 0 Å². The van der Waals surface area contributed by atoms with Crippen molar-refractivity contribution in [2.45, 2.75) is 63.2 Å². The first-order valence-electron chi connectivity index (χ1n) is 7.02. The third-order valence-corrected chi connectivity index (χ3v) is 4.36. The number of unbranched alkanes of at least 4 members (excludes halogenated alkanes) is 4. The van der Waals surface area contributed by atoms with Crippen LogP contribution < -0.4 is 29.6 Å². The summed E-state index contributed by atoms with van der Waals surface area (Å²) < 4.78 is 30.8. The molecule has 0 saturated heterocycles. The first-order valence-corrected chi connectivity index (χ1v) is 8.46. The van der Waals surface area contributed by atoms with Crippen molar-refractivity contribution in [3.05, 3.63) is 29.8 Å². The predicted octanol–water partition coefficient (Wildman–Crippen LogP) is 1.51. The standard InChI is InChI=1S/C15H24O3S.Na.H/c1-3-4-5-6-7-8-13(2)14-9-11-15(12-10-14)19(16,17)18;;/h9-13H,3-8H2,1-2H3,(H,16,17,18);;/q;+1;-1. The van der Waals surface area contributed by atoms with Crippen molar-refractivity contribution in [1.29, 1.82) is 0 Å². The zero-order chi connectivity index (χ0) is 14.3. The zero-order valence-corrected chi connectivity index (χ0v) is 15.6. The minimum absolute atomic E-state index is 0. The molecule has 0 aliphatic heterocycles. The molecule has 0 heterocycles. The van der Waals surface area contributed by atoms with Crippen LogP contribution in [-0.4, -0.2) is 13.0 Å². The average Bonchev–Trinajstić information content (AvgIpc) is 2.37. The summed E-state index contributed by atoms with van der Waals surface area (Å²) >= 11 is 0. The van der Waals surface area contributed by atoms with E-state index in [2.05, 4.69) is 13.8 Å². The molecule has 1 unspecified atom stereocenters. The first-order chi connectivity index (χ1) is 8.95. The fourth-order valence-electron chi connectivity index (χ4n) is 2.19. The quantitative estimate of drug-likeness (QED) is 0.450. The van der Waals surface area contributed by atoms with E-state index < -0.39 is 10.1 Å². The molecule has 0 spiro atoms. The van der Waals surface area contributed by atoms with Crippen molar-refractivity contribution in [1.82, 2.24) is 0 Å². The molecule has 0 aliphatic carbocycles. The topological polar surface area (TPSA) is 54.4 Å². The van der Waals surface area contributed by atoms with Crippen LogP contribution in [0.4, 0.5) is 0 Å². The Labute approximate surface area is 146 Å². The van der Waals surface area contributed by atoms with Gasteiger partial charge in [-0.3, -0.25) is 4.55 Å². The predicted molar refractivity (Wildman–Crippen MR) is 79.2 cm³/mol. The van der Waals surface area contributed by atoms with Gasteiger partial charge in [0.05, 0.1) is 4.90 Å². The third-order valence-electron chi connectivity index (χ3n) is 3.49. The minimum Gasteiger partial charge on any atom is -1.00 e. The van der Waals surface area contributed by atoms with Crippen LogP contribution in [0, 0.1) is 0 Å². The molecule has 20 heavy (non-hydrogen) atoms. The number of hydrogen-bond donors (Lipinski definition) is 1. The van der Waals surface area contributed by atoms with E-state index in [4.69, 9.17) is 4.55 Å². The maximum absolute atomic E-state index is 10.9. The molecule has 0 bridgehead atoms. The molecule has 0 aliphatic rings. The molecule has 1 N–H and O–H groups in total. The third kappa shape index (κ3) is 7.23. The second kappa shape index (κ2) is 9.96. The zero-order valence-electron chi connectivity index (χ0n) is 13.8. The normalized spacial score (nSPS) is 12.8. The van der Waals surface area contributed by atoms with Gasteiger partial charge < -0.3 is 1.43 Å². The van der Waals surface area contributed by atoms with E-state index in [-0.39, 0.29) is 35.9 Å². The Morgan fingerprint density at radius 2 is 1.65 bits per heavy atom. The van der Waals surface area contributed by atoms with Crippen LogP contribution in [0.2, 0.25) is 0 Å². The molecule has 0 aromatic heterocycles. The van der Waals surface area contributed by atoms with Gasteiger partial charge in [-0.05, 0) is 30.0 Å². The largest absolute Gasteiger partial charge is 1.00 e. The van der Waals surface area contributed by atoms with Crippen molar-refractivity contribution in [3.8, 4) is 0 Å². The Bertz CT molecular complexity index is 474. The van der Waals surface area contributed by atoms with Crippen molar-refractivity contribution < 1.29 is 44.0 Å². The molecule has 110 valence electrons. The van der Waals surface area contributed by atoms with Gasteiger partial charge in [0.1, 0.15) is 0 Å². The second-order valence-corrected chi connectivity index (χ2v) is 6.57. The molecule has 0 fully saturated rings. The Morgan fingerprint density at radius 3 is 2.15 bits per heavy atom. The summed E-state index contributed by atoms with van der Waals surface area (Å²) in [5, 5.41) is 0. The number of hydrogen-bond acceptors (Lipinski definition) is 2. The molecule has 1 rings (SSSR count). The minimum atomic E-state index is -4.07. The van der Waals surface area contributed by atoms with Gasteiger partial charge in [-0.25, -0.2) is 0 Å². The van der Waals surface area contributed by atoms with Gasteiger partial charge in [-0.2, -0.15) is 8.42 Å². The maximum atomic E-state index is 10.9. The van der Waals surface area contributed by atoms with Gasteiger partial charge in [-0.1, -0.05) is 58.1 Å². The van der Waals surface area contributed by atoms with E-state index in [9.17, 15) is 8.42 Å². The second-order valence-electron chi connectivity index (χ2n) is 5.15. The van der Waals surface area contributed by atoms with Gasteiger partial charge in [-0.15, -0.1) is 0 Å². The van der Waals surface area contributed by atoms with E-state index in [0.717, 1.165) is 12.0 Å². The number of benzene rings is 1. The van der Waals surface area contributed by atoms with Crippen molar-refractivity contribution in [2.75, 3.05) is 0 Å². The van der Waals surface area contributed by atoms with E-state index >= 15 is 0 Å². The monoisotopic (exact) mass is 308 g/mol. The summed E-state index contributed by atoms with van der Waals surface area (Å²) in [5.41, 5.74) is 1.13. The molecule has 5 heteroatoms. The van der Waals surface area contributed by atoms with Gasteiger partial charge >= 0.3 is 29.6 Å². The van der Waals surface area contributed by atoms with Crippen LogP contribution in [-0.2, 0) is 10.1 Å². The molecule has 0 amide bonds. The molecule has 3 nitrogen and oxygen atoms in total. The summed E-state index contributed by atoms with van der Waals surface area (Å²) in [4.78, 5) is -0.0357. The fraction of sp³-hybridized carbons (Fsp3) is 0.600. The summed E-state index contributed by atoms with van der Waals surface area (Å²) in [6.45, 7) is 4.36. The van der Waals surface area contributed by atoms with E-state index in [1.807, 2.05) is 0 Å². The molecule has 1 aromatic carbocycles. The van der Waals surface area contributed by atoms with Crippen LogP contribution >= 0.6 is 0 Å². The summed E-state index contributed by atoms with van der Waals surface area (Å²) in [5.74, 6) is 0.428. The number of rotatable bonds is 8. The smallest absolute Gasteiger partial charge is 1.00 e. The summed E-state index contributed by atoms with van der Waals surface area (Å²) in [6, 6.07) is 6.52. The average molecular weight is 308 g/mol. The maximum Gasteiger partial charge on any atom is 1.00 e. The Balaban J connectivity index is 0. The van der Waals surface area contributed by atoms with Crippen molar-refractivity contribution >= 4 is 10.1 Å². The Hall–Kier alpha value is 0.130. The molecule has 1 atom stereocenters. The van der Waals surface area contributed by atoms with Crippen LogP contribution in [0.1, 0.15) is 65.3 Å². The molecule has 0 radical (unpaired) electrons. The van der Waals surface area contributed by atoms with E-state index in [1.165, 1.54) is 44.2 Å².